The first kappa shape index (κ1) is 127. The maximum absolute atomic E-state index is 13.4. The number of aliphatic hydroxyl groups excluding tert-OH is 2. The van der Waals surface area contributed by atoms with Gasteiger partial charge in [0.1, 0.15) is 23.3 Å². The van der Waals surface area contributed by atoms with Crippen LogP contribution in [-0.4, -0.2) is 95.8 Å². The fraction of sp³-hybridized carbons (Fsp3) is 0.105. The summed E-state index contributed by atoms with van der Waals surface area (Å²) >= 11 is 0. The summed E-state index contributed by atoms with van der Waals surface area (Å²) in [5.74, 6) is -6.70. The second-order valence-corrected chi connectivity index (χ2v) is 29.0. The summed E-state index contributed by atoms with van der Waals surface area (Å²) < 4.78 is 105. The molecule has 10 aromatic heterocycles. The average molecular weight is 3290 g/mol. The minimum absolute atomic E-state index is 0. The Labute approximate surface area is 905 Å². The number of aromatic carboxylic acids is 1. The van der Waals surface area contributed by atoms with Crippen molar-refractivity contribution < 1.29 is 221 Å². The van der Waals surface area contributed by atoms with Crippen LogP contribution in [0.3, 0.4) is 0 Å². The van der Waals surface area contributed by atoms with Gasteiger partial charge in [0.2, 0.25) is 0 Å². The van der Waals surface area contributed by atoms with Crippen molar-refractivity contribution in [2.24, 2.45) is 10.8 Å². The van der Waals surface area contributed by atoms with Crippen molar-refractivity contribution in [1.29, 1.82) is 0 Å². The van der Waals surface area contributed by atoms with Gasteiger partial charge in [-0.1, -0.05) is 155 Å². The van der Waals surface area contributed by atoms with Crippen molar-refractivity contribution in [3.63, 3.8) is 0 Å². The van der Waals surface area contributed by atoms with Gasteiger partial charge in [-0.3, -0.25) is 40.8 Å². The molecule has 138 heavy (non-hydrogen) atoms. The molecular weight excluding hydrogens is 3200 g/mol. The number of carbonyl (C=O) groups is 2. The molecule has 0 unspecified atom stereocenters. The Bertz CT molecular complexity index is 5830. The maximum Gasteiger partial charge on any atom is 0.354 e. The molecule has 732 valence electrons. The fourth-order valence-electron chi connectivity index (χ4n) is 10.2. The summed E-state index contributed by atoms with van der Waals surface area (Å²) in [6.07, 6.45) is 17.6. The van der Waals surface area contributed by atoms with E-state index in [2.05, 4.69) is 98.5 Å². The first-order chi connectivity index (χ1) is 62.5. The Morgan fingerprint density at radius 3 is 1.05 bits per heavy atom. The number of carboxylic acids is 1. The van der Waals surface area contributed by atoms with Gasteiger partial charge in [0.25, 0.3) is 0 Å². The number of allylic oxidation sites excluding steroid dienone is 2. The number of benzene rings is 7. The summed E-state index contributed by atoms with van der Waals surface area (Å²) in [6.45, 7) is 11.0. The summed E-state index contributed by atoms with van der Waals surface area (Å²) in [4.78, 5) is 59.0. The number of ketones is 1. The van der Waals surface area contributed by atoms with Gasteiger partial charge in [-0.15, -0.1) is 186 Å². The van der Waals surface area contributed by atoms with Crippen molar-refractivity contribution in [2.45, 2.75) is 48.1 Å². The van der Waals surface area contributed by atoms with E-state index in [0.29, 0.717) is 22.6 Å². The minimum atomic E-state index is -0.990. The van der Waals surface area contributed by atoms with Crippen molar-refractivity contribution in [2.75, 3.05) is 19.0 Å². The molecule has 33 heteroatoms. The molecule has 0 amide bonds. The van der Waals surface area contributed by atoms with Gasteiger partial charge in [-0.05, 0) is 112 Å². The van der Waals surface area contributed by atoms with E-state index in [1.54, 1.807) is 98.0 Å². The number of aliphatic hydroxyl groups is 2. The van der Waals surface area contributed by atoms with Crippen LogP contribution >= 0.6 is 0 Å². The molecule has 0 aliphatic carbocycles. The van der Waals surface area contributed by atoms with Crippen LogP contribution in [0.15, 0.2) is 353 Å². The second-order valence-electron chi connectivity index (χ2n) is 29.0. The SMILES string of the molecule is CC(C)(C)C(=O)C=C(O)C(C)(C)C.CN(C)c1ccnc(-c2[c-]cc(F)nc2F)c1.Fc1c[c-]c(-c2ccccn2)c(F)c1.Fc1c[c-]c(-n2cccn2)c(F)c1.O=C(O)c1ccccn1.OCc1ccnc(-c2[c-]cc(F)cc2F)c1.[Ir].[Ir].[Ir].[Ir].[Ir].[Ir].[Ir].[Ir].[c-]1ccccc1-c1ccccn1.[c-]1ccccc1-c1ccccn1.[c-]1ccccc1-c1ccccn1.[c-]1ccccc1-c1ccccn1. The van der Waals surface area contributed by atoms with E-state index in [-0.39, 0.29) is 212 Å². The molecule has 7 aromatic carbocycles. The van der Waals surface area contributed by atoms with Crippen molar-refractivity contribution >= 4 is 17.4 Å². The predicted octanol–water partition coefficient (Wildman–Crippen LogP) is 23.4. The van der Waals surface area contributed by atoms with Crippen LogP contribution in [-0.2, 0) is 172 Å². The molecule has 0 aliphatic rings. The molecular formula is C105H86F8Ir8N12O5-8. The van der Waals surface area contributed by atoms with Crippen LogP contribution in [0, 0.1) is 106 Å². The summed E-state index contributed by atoms with van der Waals surface area (Å²) in [5, 5.41) is 30.6. The minimum Gasteiger partial charge on any atom is -0.512 e. The zero-order valence-electron chi connectivity index (χ0n) is 74.3. The van der Waals surface area contributed by atoms with E-state index in [9.17, 15) is 49.8 Å². The van der Waals surface area contributed by atoms with Gasteiger partial charge in [0.15, 0.2) is 5.78 Å². The number of halogens is 8. The van der Waals surface area contributed by atoms with E-state index in [4.69, 9.17) is 10.2 Å². The zero-order valence-corrected chi connectivity index (χ0v) is 93.5. The number of rotatable bonds is 12. The van der Waals surface area contributed by atoms with Gasteiger partial charge in [-0.25, -0.2) is 18.6 Å². The Hall–Kier alpha value is -10.8. The molecule has 17 nitrogen and oxygen atoms in total. The standard InChI is InChI=1S/C12H10F2N3.C12H8F2NO.C11H6F2N.4C11H8N.C11H20O2.C9H5F2N2.C6H5NO2.8Ir/c1-17(2)8-5-6-15-10(7-8)9-3-4-11(13)16-12(9)14;13-9-1-2-10(11(14)6-9)12-5-8(7-16)3-4-15-12;12-8-4-5-9(10(13)7-8)11-3-1-2-6-14-11;4*1-2-6-10(7-3-1)11-8-4-5-9-12-11;1-10(2,3)8(12)7-9(13)11(4,5)6;10-7-2-3-9(8(11)6-7)13-5-1-4-12-13;8-6(9)5-3-1-2-4-7-5;;;;;;;;/h4-7H,1-2H3;1,3-6,16H,7H2;1-4,6-7H;4*1-6,8-9H;7,12H,1-6H3;1-2,4-6H;1-4H,(H,8,9);;;;;;;;/q7*-1;;-1;;;;;;;;;. The topological polar surface area (TPSA) is 232 Å². The third-order valence-electron chi connectivity index (χ3n) is 17.0. The molecule has 17 aromatic rings. The van der Waals surface area contributed by atoms with E-state index >= 15 is 0 Å². The number of hydrogen-bond acceptors (Lipinski definition) is 15. The number of aromatic nitrogens is 11. The van der Waals surface area contributed by atoms with E-state index in [0.717, 1.165) is 93.2 Å². The molecule has 0 saturated carbocycles. The predicted molar refractivity (Wildman–Crippen MR) is 485 cm³/mol. The molecule has 0 bridgehead atoms. The van der Waals surface area contributed by atoms with Gasteiger partial charge >= 0.3 is 5.97 Å². The summed E-state index contributed by atoms with van der Waals surface area (Å²) in [5.41, 5.74) is 10.5. The van der Waals surface area contributed by atoms with Crippen molar-refractivity contribution in [1.82, 2.24) is 54.6 Å². The number of hydrogen-bond donors (Lipinski definition) is 3. The first-order valence-corrected chi connectivity index (χ1v) is 39.6. The van der Waals surface area contributed by atoms with Crippen LogP contribution < -0.4 is 4.90 Å². The van der Waals surface area contributed by atoms with Gasteiger partial charge in [-0.2, -0.15) is 11.2 Å². The van der Waals surface area contributed by atoms with E-state index in [1.807, 2.05) is 230 Å². The average Bonchev–Trinajstić information content (AvgIpc) is 0.850. The molecule has 0 atom stereocenters. The number of nitrogens with zero attached hydrogens (tertiary/aromatic N) is 12. The summed E-state index contributed by atoms with van der Waals surface area (Å²) in [7, 11) is 3.73. The second kappa shape index (κ2) is 68.3. The van der Waals surface area contributed by atoms with E-state index in [1.165, 1.54) is 41.5 Å². The fourth-order valence-corrected chi connectivity index (χ4v) is 10.2. The number of carboxylic acid groups (broad SMARTS) is 1. The number of carbonyl (C=O) groups excluding carboxylic acids is 1. The third kappa shape index (κ3) is 45.4. The largest absolute Gasteiger partial charge is 0.512 e. The molecule has 0 fully saturated rings. The smallest absolute Gasteiger partial charge is 0.354 e. The first-order valence-electron chi connectivity index (χ1n) is 39.6. The van der Waals surface area contributed by atoms with Gasteiger partial charge < -0.3 is 55.1 Å². The van der Waals surface area contributed by atoms with Gasteiger partial charge in [0, 0.05) is 294 Å². The summed E-state index contributed by atoms with van der Waals surface area (Å²) in [6, 6.07) is 102. The third-order valence-corrected chi connectivity index (χ3v) is 17.0. The Balaban J connectivity index is 0.00000151. The Morgan fingerprint density at radius 2 is 0.732 bits per heavy atom. The Kier molecular flexibility index (Phi) is 62.9. The zero-order chi connectivity index (χ0) is 93.6. The Morgan fingerprint density at radius 1 is 0.370 bits per heavy atom. The van der Waals surface area contributed by atoms with Crippen LogP contribution in [0.25, 0.3) is 84.5 Å². The molecule has 8 radical (unpaired) electrons. The van der Waals surface area contributed by atoms with E-state index < -0.39 is 58.2 Å². The molecule has 0 spiro atoms. The number of pyridine rings is 9. The van der Waals surface area contributed by atoms with Crippen LogP contribution in [0.1, 0.15) is 57.6 Å². The molecule has 0 saturated heterocycles. The van der Waals surface area contributed by atoms with Crippen LogP contribution in [0.4, 0.5) is 40.8 Å². The monoisotopic (exact) mass is 3290 g/mol. The molecule has 0 aliphatic heterocycles. The molecule has 10 heterocycles. The van der Waals surface area contributed by atoms with Crippen molar-refractivity contribution in [3.8, 4) is 84.5 Å². The molecule has 17 rings (SSSR count). The van der Waals surface area contributed by atoms with Crippen LogP contribution in [0.2, 0.25) is 0 Å². The quantitative estimate of drug-likeness (QED) is 0.0339. The normalized spacial score (nSPS) is 9.79. The van der Waals surface area contributed by atoms with Crippen LogP contribution in [0.5, 0.6) is 0 Å². The van der Waals surface area contributed by atoms with Gasteiger partial charge in [0.05, 0.1) is 6.61 Å². The number of anilines is 1. The maximum atomic E-state index is 13.4. The molecule has 3 N–H and O–H groups in total. The van der Waals surface area contributed by atoms with Crippen molar-refractivity contribution in [3.05, 3.63) is 459 Å².